The second-order valence-electron chi connectivity index (χ2n) is 3.98. The third-order valence-electron chi connectivity index (χ3n) is 2.51. The minimum atomic E-state index is -1.33. The molecule has 0 radical (unpaired) electrons. The van der Waals surface area contributed by atoms with E-state index in [2.05, 4.69) is 10.8 Å². The first-order valence-corrected chi connectivity index (χ1v) is 6.33. The molecule has 0 aliphatic rings. The highest BCUT2D eigenvalue weighted by atomic mass is 32.2. The Balaban J connectivity index is 2.81. The summed E-state index contributed by atoms with van der Waals surface area (Å²) >= 11 is 0. The van der Waals surface area contributed by atoms with E-state index in [1.165, 1.54) is 0 Å². The normalized spacial score (nSPS) is 16.1. The summed E-state index contributed by atoms with van der Waals surface area (Å²) in [6, 6.07) is 9.57. The van der Waals surface area contributed by atoms with Gasteiger partial charge in [-0.1, -0.05) is 24.6 Å². The van der Waals surface area contributed by atoms with Crippen LogP contribution in [0.4, 0.5) is 0 Å². The number of hydrogen-bond acceptors (Lipinski definition) is 2. The zero-order valence-electron chi connectivity index (χ0n) is 9.78. The Labute approximate surface area is 99.1 Å². The number of benzene rings is 1. The zero-order chi connectivity index (χ0) is 12.2. The fourth-order valence-corrected chi connectivity index (χ4v) is 2.20. The van der Waals surface area contributed by atoms with E-state index in [4.69, 9.17) is 5.26 Å². The second kappa shape index (κ2) is 5.24. The minimum absolute atomic E-state index is 0.612. The van der Waals surface area contributed by atoms with Crippen LogP contribution in [-0.4, -0.2) is 9.75 Å². The van der Waals surface area contributed by atoms with Crippen LogP contribution in [0, 0.1) is 18.3 Å². The van der Waals surface area contributed by atoms with Crippen molar-refractivity contribution in [3.05, 3.63) is 29.8 Å². The van der Waals surface area contributed by atoms with Crippen LogP contribution >= 0.6 is 0 Å². The SMILES string of the molecule is CC[C@@](C)(C#N)N[S@@](=O)c1ccc(C)cc1. The molecule has 86 valence electrons. The van der Waals surface area contributed by atoms with Gasteiger partial charge in [0, 0.05) is 0 Å². The molecular weight excluding hydrogens is 220 g/mol. The van der Waals surface area contributed by atoms with Crippen molar-refractivity contribution in [2.45, 2.75) is 37.6 Å². The van der Waals surface area contributed by atoms with Crippen molar-refractivity contribution in [2.24, 2.45) is 0 Å². The number of nitrogens with one attached hydrogen (secondary N) is 1. The maximum atomic E-state index is 11.9. The summed E-state index contributed by atoms with van der Waals surface area (Å²) in [6.45, 7) is 5.62. The van der Waals surface area contributed by atoms with E-state index in [1.807, 2.05) is 38.1 Å². The first-order valence-electron chi connectivity index (χ1n) is 5.18. The lowest BCUT2D eigenvalue weighted by molar-refractivity contribution is 0.522. The molecule has 0 aliphatic heterocycles. The molecule has 0 fully saturated rings. The molecule has 0 aromatic heterocycles. The predicted molar refractivity (Wildman–Crippen MR) is 65.0 cm³/mol. The molecule has 3 nitrogen and oxygen atoms in total. The van der Waals surface area contributed by atoms with E-state index in [1.54, 1.807) is 6.92 Å². The summed E-state index contributed by atoms with van der Waals surface area (Å²) in [5.41, 5.74) is 0.384. The van der Waals surface area contributed by atoms with Crippen molar-refractivity contribution in [3.8, 4) is 6.07 Å². The molecule has 0 unspecified atom stereocenters. The van der Waals surface area contributed by atoms with E-state index in [-0.39, 0.29) is 0 Å². The van der Waals surface area contributed by atoms with Gasteiger partial charge in [0.25, 0.3) is 0 Å². The Kier molecular flexibility index (Phi) is 4.22. The van der Waals surface area contributed by atoms with Crippen LogP contribution in [0.3, 0.4) is 0 Å². The van der Waals surface area contributed by atoms with Crippen LogP contribution in [0.1, 0.15) is 25.8 Å². The molecule has 1 N–H and O–H groups in total. The lowest BCUT2D eigenvalue weighted by Gasteiger charge is -2.20. The Morgan fingerprint density at radius 3 is 2.44 bits per heavy atom. The highest BCUT2D eigenvalue weighted by molar-refractivity contribution is 7.83. The number of aryl methyl sites for hydroxylation is 1. The van der Waals surface area contributed by atoms with Gasteiger partial charge >= 0.3 is 0 Å². The smallest absolute Gasteiger partial charge is 0.126 e. The van der Waals surface area contributed by atoms with Crippen molar-refractivity contribution in [1.82, 2.24) is 4.72 Å². The van der Waals surface area contributed by atoms with Gasteiger partial charge in [0.1, 0.15) is 16.5 Å². The van der Waals surface area contributed by atoms with Crippen molar-refractivity contribution in [2.75, 3.05) is 0 Å². The minimum Gasteiger partial charge on any atom is -0.237 e. The summed E-state index contributed by atoms with van der Waals surface area (Å²) in [7, 11) is -1.33. The second-order valence-corrected chi connectivity index (χ2v) is 5.19. The summed E-state index contributed by atoms with van der Waals surface area (Å²) < 4.78 is 14.8. The van der Waals surface area contributed by atoms with Gasteiger partial charge in [-0.25, -0.2) is 8.93 Å². The van der Waals surface area contributed by atoms with Crippen molar-refractivity contribution >= 4 is 11.0 Å². The molecule has 0 aliphatic carbocycles. The maximum absolute atomic E-state index is 11.9. The molecule has 0 saturated heterocycles. The number of nitrogens with zero attached hydrogens (tertiary/aromatic N) is 1. The molecule has 1 rings (SSSR count). The van der Waals surface area contributed by atoms with Gasteiger partial charge in [-0.05, 0) is 32.4 Å². The predicted octanol–water partition coefficient (Wildman–Crippen LogP) is 2.30. The molecule has 4 heteroatoms. The van der Waals surface area contributed by atoms with Gasteiger partial charge in [0.15, 0.2) is 0 Å². The molecule has 16 heavy (non-hydrogen) atoms. The third-order valence-corrected chi connectivity index (χ3v) is 3.84. The Bertz CT molecular complexity index is 422. The number of hydrogen-bond donors (Lipinski definition) is 1. The highest BCUT2D eigenvalue weighted by Gasteiger charge is 2.23. The highest BCUT2D eigenvalue weighted by Crippen LogP contribution is 2.13. The molecule has 0 amide bonds. The zero-order valence-corrected chi connectivity index (χ0v) is 10.6. The lowest BCUT2D eigenvalue weighted by Crippen LogP contribution is -2.41. The molecule has 2 atom stereocenters. The maximum Gasteiger partial charge on any atom is 0.126 e. The summed E-state index contributed by atoms with van der Waals surface area (Å²) in [5, 5.41) is 8.98. The van der Waals surface area contributed by atoms with E-state index in [0.29, 0.717) is 11.3 Å². The van der Waals surface area contributed by atoms with Gasteiger partial charge in [-0.15, -0.1) is 0 Å². The molecule has 1 aromatic rings. The quantitative estimate of drug-likeness (QED) is 0.872. The van der Waals surface area contributed by atoms with Crippen LogP contribution in [0.25, 0.3) is 0 Å². The number of rotatable bonds is 4. The van der Waals surface area contributed by atoms with Crippen molar-refractivity contribution in [1.29, 1.82) is 5.26 Å². The summed E-state index contributed by atoms with van der Waals surface area (Å²) in [4.78, 5) is 0.695. The van der Waals surface area contributed by atoms with E-state index >= 15 is 0 Å². The number of nitriles is 1. The Hall–Kier alpha value is -1.18. The molecule has 0 spiro atoms. The van der Waals surface area contributed by atoms with E-state index < -0.39 is 16.5 Å². The van der Waals surface area contributed by atoms with E-state index in [9.17, 15) is 4.21 Å². The van der Waals surface area contributed by atoms with Crippen molar-refractivity contribution < 1.29 is 4.21 Å². The summed E-state index contributed by atoms with van der Waals surface area (Å²) in [6.07, 6.45) is 0.612. The summed E-state index contributed by atoms with van der Waals surface area (Å²) in [5.74, 6) is 0. The fourth-order valence-electron chi connectivity index (χ4n) is 1.10. The van der Waals surface area contributed by atoms with Gasteiger partial charge in [-0.3, -0.25) is 0 Å². The Morgan fingerprint density at radius 2 is 2.00 bits per heavy atom. The molecule has 0 heterocycles. The first kappa shape index (κ1) is 12.9. The topological polar surface area (TPSA) is 52.9 Å². The molecule has 1 aromatic carbocycles. The average molecular weight is 236 g/mol. The van der Waals surface area contributed by atoms with Gasteiger partial charge < -0.3 is 0 Å². The third kappa shape index (κ3) is 3.16. The average Bonchev–Trinajstić information content (AvgIpc) is 2.29. The molecule has 0 bridgehead atoms. The van der Waals surface area contributed by atoms with Gasteiger partial charge in [0.2, 0.25) is 0 Å². The van der Waals surface area contributed by atoms with Crippen molar-refractivity contribution in [3.63, 3.8) is 0 Å². The van der Waals surface area contributed by atoms with Gasteiger partial charge in [-0.2, -0.15) is 5.26 Å². The molecule has 0 saturated carbocycles. The van der Waals surface area contributed by atoms with Gasteiger partial charge in [0.05, 0.1) is 11.0 Å². The molecular formula is C12H16N2OS. The van der Waals surface area contributed by atoms with Crippen LogP contribution in [-0.2, 0) is 11.0 Å². The van der Waals surface area contributed by atoms with Crippen LogP contribution in [0.15, 0.2) is 29.2 Å². The standard InChI is InChI=1S/C12H16N2OS/c1-4-12(3,9-13)14-16(15)11-7-5-10(2)6-8-11/h5-8,14H,4H2,1-3H3/t12-,16-/m0/s1. The fraction of sp³-hybridized carbons (Fsp3) is 0.417. The Morgan fingerprint density at radius 1 is 1.44 bits per heavy atom. The van der Waals surface area contributed by atoms with E-state index in [0.717, 1.165) is 5.56 Å². The van der Waals surface area contributed by atoms with Crippen LogP contribution < -0.4 is 4.72 Å². The lowest BCUT2D eigenvalue weighted by atomic mass is 10.0. The largest absolute Gasteiger partial charge is 0.237 e. The van der Waals surface area contributed by atoms with Crippen LogP contribution in [0.2, 0.25) is 0 Å². The van der Waals surface area contributed by atoms with Crippen LogP contribution in [0.5, 0.6) is 0 Å². The first-order chi connectivity index (χ1) is 7.50. The monoisotopic (exact) mass is 236 g/mol.